The van der Waals surface area contributed by atoms with Crippen LogP contribution in [-0.4, -0.2) is 27.7 Å². The van der Waals surface area contributed by atoms with E-state index in [9.17, 15) is 22.7 Å². The van der Waals surface area contributed by atoms with E-state index in [-0.39, 0.29) is 15.8 Å². The molecule has 4 aromatic rings. The molecule has 0 radical (unpaired) electrons. The van der Waals surface area contributed by atoms with Crippen LogP contribution in [0.25, 0.3) is 16.6 Å². The summed E-state index contributed by atoms with van der Waals surface area (Å²) in [6.45, 7) is -1.12. The Balaban J connectivity index is 1.70. The average molecular weight is 485 g/mol. The molecule has 1 aromatic heterocycles. The quantitative estimate of drug-likeness (QED) is 0.338. The maximum atomic E-state index is 13.9. The number of nitrogens with zero attached hydrogens (tertiary/aromatic N) is 2. The van der Waals surface area contributed by atoms with Gasteiger partial charge in [0.05, 0.1) is 17.4 Å². The number of benzene rings is 3. The number of hydrogen-bond acceptors (Lipinski definition) is 3. The fraction of sp³-hybridized carbons (Fsp3) is 0.136. The largest absolute Gasteiger partial charge is 0.490 e. The first-order valence-electron chi connectivity index (χ1n) is 9.19. The molecule has 1 N–H and O–H groups in total. The normalized spacial score (nSPS) is 13.8. The van der Waals surface area contributed by atoms with Crippen LogP contribution in [0.2, 0.25) is 10.0 Å². The highest BCUT2D eigenvalue weighted by molar-refractivity contribution is 6.34. The Hall–Kier alpha value is -2.81. The molecule has 0 saturated carbocycles. The van der Waals surface area contributed by atoms with Crippen molar-refractivity contribution in [1.29, 1.82) is 0 Å². The van der Waals surface area contributed by atoms with Crippen LogP contribution in [-0.2, 0) is 5.60 Å². The Morgan fingerprint density at radius 3 is 2.22 bits per heavy atom. The van der Waals surface area contributed by atoms with Crippen molar-refractivity contribution in [3.05, 3.63) is 88.3 Å². The molecule has 4 rings (SSSR count). The van der Waals surface area contributed by atoms with Crippen LogP contribution in [0, 0.1) is 5.82 Å². The fourth-order valence-electron chi connectivity index (χ4n) is 3.21. The Bertz CT molecular complexity index is 1260. The van der Waals surface area contributed by atoms with Gasteiger partial charge in [-0.05, 0) is 60.2 Å². The van der Waals surface area contributed by atoms with Gasteiger partial charge in [-0.15, -0.1) is 0 Å². The summed E-state index contributed by atoms with van der Waals surface area (Å²) in [5.41, 5.74) is -2.73. The minimum atomic E-state index is -5.05. The Morgan fingerprint density at radius 2 is 1.59 bits per heavy atom. The highest BCUT2D eigenvalue weighted by atomic mass is 35.5. The third kappa shape index (κ3) is 4.26. The molecule has 0 spiro atoms. The second-order valence-electron chi connectivity index (χ2n) is 7.06. The zero-order chi connectivity index (χ0) is 23.1. The van der Waals surface area contributed by atoms with Gasteiger partial charge in [-0.1, -0.05) is 29.3 Å². The van der Waals surface area contributed by atoms with E-state index < -0.39 is 29.8 Å². The number of aliphatic hydroxyl groups is 1. The summed E-state index contributed by atoms with van der Waals surface area (Å²) in [5.74, 6) is -0.445. The lowest BCUT2D eigenvalue weighted by Gasteiger charge is -2.31. The molecule has 32 heavy (non-hydrogen) atoms. The zero-order valence-electron chi connectivity index (χ0n) is 16.1. The van der Waals surface area contributed by atoms with E-state index >= 15 is 0 Å². The number of halogens is 6. The molecule has 10 heteroatoms. The second kappa shape index (κ2) is 8.27. The predicted octanol–water partition coefficient (Wildman–Crippen LogP) is 6.30. The first-order valence-corrected chi connectivity index (χ1v) is 9.95. The number of fused-ring (bicyclic) bond motifs is 1. The minimum Gasteiger partial charge on any atom is -0.490 e. The molecule has 0 aliphatic carbocycles. The van der Waals surface area contributed by atoms with Crippen molar-refractivity contribution in [1.82, 2.24) is 9.78 Å². The number of aromatic nitrogens is 2. The number of alkyl halides is 3. The van der Waals surface area contributed by atoms with Crippen molar-refractivity contribution < 1.29 is 27.4 Å². The van der Waals surface area contributed by atoms with Gasteiger partial charge in [0, 0.05) is 15.4 Å². The molecular formula is C22H14Cl2F4N2O2. The number of hydrogen-bond donors (Lipinski definition) is 1. The highest BCUT2D eigenvalue weighted by Crippen LogP contribution is 2.41. The van der Waals surface area contributed by atoms with E-state index in [1.807, 2.05) is 0 Å². The van der Waals surface area contributed by atoms with Crippen LogP contribution in [0.5, 0.6) is 5.75 Å². The first-order chi connectivity index (χ1) is 15.1. The van der Waals surface area contributed by atoms with Gasteiger partial charge >= 0.3 is 6.18 Å². The smallest absolute Gasteiger partial charge is 0.424 e. The second-order valence-corrected chi connectivity index (χ2v) is 7.93. The summed E-state index contributed by atoms with van der Waals surface area (Å²) >= 11 is 11.7. The molecule has 1 atom stereocenters. The van der Waals surface area contributed by atoms with Crippen molar-refractivity contribution in [2.75, 3.05) is 6.61 Å². The maximum Gasteiger partial charge on any atom is 0.424 e. The molecule has 0 amide bonds. The van der Waals surface area contributed by atoms with Crippen molar-refractivity contribution >= 4 is 34.1 Å². The lowest BCUT2D eigenvalue weighted by molar-refractivity contribution is -0.275. The summed E-state index contributed by atoms with van der Waals surface area (Å²) in [7, 11) is 0. The van der Waals surface area contributed by atoms with Crippen LogP contribution >= 0.6 is 23.2 Å². The van der Waals surface area contributed by atoms with Crippen molar-refractivity contribution in [3.8, 4) is 11.4 Å². The summed E-state index contributed by atoms with van der Waals surface area (Å²) in [6.07, 6.45) is -3.69. The highest BCUT2D eigenvalue weighted by Gasteiger charge is 2.56. The first kappa shape index (κ1) is 22.4. The Kier molecular flexibility index (Phi) is 5.79. The molecule has 0 fully saturated rings. The zero-order valence-corrected chi connectivity index (χ0v) is 17.6. The van der Waals surface area contributed by atoms with Gasteiger partial charge in [0.1, 0.15) is 18.2 Å². The van der Waals surface area contributed by atoms with Crippen LogP contribution in [0.3, 0.4) is 0 Å². The lowest BCUT2D eigenvalue weighted by Crippen LogP contribution is -2.47. The van der Waals surface area contributed by atoms with Crippen molar-refractivity contribution in [2.24, 2.45) is 0 Å². The summed E-state index contributed by atoms with van der Waals surface area (Å²) < 4.78 is 61.6. The van der Waals surface area contributed by atoms with Gasteiger partial charge < -0.3 is 9.84 Å². The van der Waals surface area contributed by atoms with Gasteiger partial charge in [0.2, 0.25) is 5.60 Å². The molecule has 0 aliphatic heterocycles. The molecule has 1 unspecified atom stereocenters. The van der Waals surface area contributed by atoms with Crippen molar-refractivity contribution in [3.63, 3.8) is 0 Å². The molecule has 0 saturated heterocycles. The van der Waals surface area contributed by atoms with Gasteiger partial charge in [0.25, 0.3) is 0 Å². The van der Waals surface area contributed by atoms with Gasteiger partial charge in [-0.25, -0.2) is 9.07 Å². The van der Waals surface area contributed by atoms with E-state index in [0.717, 1.165) is 6.07 Å². The van der Waals surface area contributed by atoms with E-state index in [1.54, 1.807) is 0 Å². The molecule has 166 valence electrons. The predicted molar refractivity (Wildman–Crippen MR) is 113 cm³/mol. The fourth-order valence-corrected chi connectivity index (χ4v) is 3.71. The monoisotopic (exact) mass is 484 g/mol. The van der Waals surface area contributed by atoms with Gasteiger partial charge in [-0.2, -0.15) is 18.3 Å². The van der Waals surface area contributed by atoms with Crippen LogP contribution in [0.15, 0.2) is 66.9 Å². The average Bonchev–Trinajstić information content (AvgIpc) is 3.14. The summed E-state index contributed by atoms with van der Waals surface area (Å²) in [6, 6.07) is 13.2. The lowest BCUT2D eigenvalue weighted by atomic mass is 9.93. The van der Waals surface area contributed by atoms with E-state index in [2.05, 4.69) is 5.10 Å². The maximum absolute atomic E-state index is 13.9. The summed E-state index contributed by atoms with van der Waals surface area (Å²) in [5, 5.41) is 15.5. The molecule has 0 bridgehead atoms. The van der Waals surface area contributed by atoms with E-state index in [1.165, 1.54) is 65.5 Å². The topological polar surface area (TPSA) is 47.3 Å². The Morgan fingerprint density at radius 1 is 0.938 bits per heavy atom. The van der Waals surface area contributed by atoms with Gasteiger partial charge in [0.15, 0.2) is 0 Å². The molecule has 0 aliphatic rings. The molecule has 4 nitrogen and oxygen atoms in total. The number of ether oxygens (including phenoxy) is 1. The molecule has 1 heterocycles. The van der Waals surface area contributed by atoms with Crippen LogP contribution in [0.4, 0.5) is 17.6 Å². The van der Waals surface area contributed by atoms with Crippen LogP contribution in [0.1, 0.15) is 5.56 Å². The van der Waals surface area contributed by atoms with Gasteiger partial charge in [-0.3, -0.25) is 0 Å². The standard InChI is InChI=1S/C22H14Cl2F4N2O2/c23-15-8-16(24)10-19(9-15)32-12-21(31,22(26,27)28)14-1-6-20-13(7-14)11-29-30(20)18-4-2-17(25)3-5-18/h1-11,31H,12H2. The molecular weight excluding hydrogens is 471 g/mol. The van der Waals surface area contributed by atoms with Crippen molar-refractivity contribution in [2.45, 2.75) is 11.8 Å². The Labute approximate surface area is 189 Å². The molecule has 3 aromatic carbocycles. The summed E-state index contributed by atoms with van der Waals surface area (Å²) in [4.78, 5) is 0. The van der Waals surface area contributed by atoms with Crippen LogP contribution < -0.4 is 4.74 Å². The van der Waals surface area contributed by atoms with E-state index in [4.69, 9.17) is 27.9 Å². The SMILES string of the molecule is OC(COc1cc(Cl)cc(Cl)c1)(c1ccc2c(cnn2-c2ccc(F)cc2)c1)C(F)(F)F. The minimum absolute atomic E-state index is 0.0182. The third-order valence-electron chi connectivity index (χ3n) is 4.87. The van der Waals surface area contributed by atoms with E-state index in [0.29, 0.717) is 16.6 Å². The third-order valence-corrected chi connectivity index (χ3v) is 5.31. The number of rotatable bonds is 5.